The first-order chi connectivity index (χ1) is 6.11. The minimum Gasteiger partial charge on any atom is -0.376 e. The Bertz CT molecular complexity index is 228. The summed E-state index contributed by atoms with van der Waals surface area (Å²) in [5, 5.41) is 0. The van der Waals surface area contributed by atoms with Crippen LogP contribution in [0.25, 0.3) is 0 Å². The monoisotopic (exact) mass is 188 g/mol. The third-order valence-electron chi connectivity index (χ3n) is 1.51. The smallest absolute Gasteiger partial charge is 0.184 e. The average Bonchev–Trinajstić information content (AvgIpc) is 2.10. The van der Waals surface area contributed by atoms with Crippen molar-refractivity contribution in [2.24, 2.45) is 5.73 Å². The summed E-state index contributed by atoms with van der Waals surface area (Å²) in [6, 6.07) is 0. The van der Waals surface area contributed by atoms with E-state index in [1.54, 1.807) is 11.8 Å². The Morgan fingerprint density at radius 1 is 1.46 bits per heavy atom. The molecule has 0 aliphatic carbocycles. The molecule has 0 aliphatic heterocycles. The van der Waals surface area contributed by atoms with E-state index in [0.717, 1.165) is 11.8 Å². The highest BCUT2D eigenvalue weighted by Gasteiger charge is 1.96. The predicted octanol–water partition coefficient (Wildman–Crippen LogP) is 2.42. The maximum absolute atomic E-state index is 12.1. The number of rotatable bonds is 4. The second-order valence-electron chi connectivity index (χ2n) is 2.42. The SMILES string of the molecule is CCN(/C=C/F)/C(C)=C\C=C(/N)F. The zero-order valence-electron chi connectivity index (χ0n) is 7.80. The molecule has 0 saturated heterocycles. The van der Waals surface area contributed by atoms with Gasteiger partial charge in [-0.2, -0.15) is 4.39 Å². The fraction of sp³-hybridized carbons (Fsp3) is 0.333. The minimum atomic E-state index is -0.764. The Labute approximate surface area is 77.0 Å². The largest absolute Gasteiger partial charge is 0.376 e. The Morgan fingerprint density at radius 3 is 2.46 bits per heavy atom. The Balaban J connectivity index is 4.44. The summed E-state index contributed by atoms with van der Waals surface area (Å²) in [4.78, 5) is 1.62. The summed E-state index contributed by atoms with van der Waals surface area (Å²) >= 11 is 0. The van der Waals surface area contributed by atoms with Crippen LogP contribution in [0.3, 0.4) is 0 Å². The van der Waals surface area contributed by atoms with Crippen LogP contribution in [0.15, 0.2) is 36.3 Å². The van der Waals surface area contributed by atoms with Gasteiger partial charge in [0.25, 0.3) is 0 Å². The third kappa shape index (κ3) is 5.00. The van der Waals surface area contributed by atoms with Crippen LogP contribution in [0.1, 0.15) is 13.8 Å². The van der Waals surface area contributed by atoms with Crippen molar-refractivity contribution in [3.8, 4) is 0 Å². The number of hydrogen-bond acceptors (Lipinski definition) is 2. The topological polar surface area (TPSA) is 29.3 Å². The van der Waals surface area contributed by atoms with E-state index in [1.807, 2.05) is 6.92 Å². The number of nitrogens with zero attached hydrogens (tertiary/aromatic N) is 1. The summed E-state index contributed by atoms with van der Waals surface area (Å²) in [5.41, 5.74) is 5.51. The molecule has 0 aromatic heterocycles. The molecule has 0 unspecified atom stereocenters. The maximum Gasteiger partial charge on any atom is 0.184 e. The molecule has 0 bridgehead atoms. The van der Waals surface area contributed by atoms with Crippen LogP contribution < -0.4 is 5.73 Å². The van der Waals surface area contributed by atoms with Crippen molar-refractivity contribution < 1.29 is 8.78 Å². The molecule has 0 aromatic rings. The number of hydrogen-bond donors (Lipinski definition) is 1. The Morgan fingerprint density at radius 2 is 2.08 bits per heavy atom. The van der Waals surface area contributed by atoms with Crippen molar-refractivity contribution in [1.29, 1.82) is 0 Å². The lowest BCUT2D eigenvalue weighted by Gasteiger charge is -2.17. The first kappa shape index (κ1) is 11.7. The molecule has 0 atom stereocenters. The zero-order chi connectivity index (χ0) is 10.3. The number of halogens is 2. The molecular weight excluding hydrogens is 174 g/mol. The van der Waals surface area contributed by atoms with Gasteiger partial charge in [-0.3, -0.25) is 0 Å². The van der Waals surface area contributed by atoms with E-state index >= 15 is 0 Å². The van der Waals surface area contributed by atoms with Gasteiger partial charge < -0.3 is 10.6 Å². The van der Waals surface area contributed by atoms with Crippen molar-refractivity contribution in [3.05, 3.63) is 36.3 Å². The molecule has 0 amide bonds. The molecule has 0 aliphatic rings. The summed E-state index contributed by atoms with van der Waals surface area (Å²) in [7, 11) is 0. The molecular formula is C9H14F2N2. The molecule has 2 nitrogen and oxygen atoms in total. The number of allylic oxidation sites excluding steroid dienone is 3. The van der Waals surface area contributed by atoms with Gasteiger partial charge in [0, 0.05) is 18.4 Å². The van der Waals surface area contributed by atoms with E-state index in [9.17, 15) is 8.78 Å². The van der Waals surface area contributed by atoms with Crippen molar-refractivity contribution in [3.63, 3.8) is 0 Å². The van der Waals surface area contributed by atoms with Gasteiger partial charge in [-0.15, -0.1) is 0 Å². The summed E-state index contributed by atoms with van der Waals surface area (Å²) in [6.07, 6.45) is 4.32. The van der Waals surface area contributed by atoms with E-state index in [0.29, 0.717) is 12.9 Å². The van der Waals surface area contributed by atoms with Crippen LogP contribution in [-0.4, -0.2) is 11.4 Å². The molecule has 0 radical (unpaired) electrons. The zero-order valence-corrected chi connectivity index (χ0v) is 7.80. The maximum atomic E-state index is 12.1. The van der Waals surface area contributed by atoms with E-state index in [4.69, 9.17) is 5.73 Å². The first-order valence-corrected chi connectivity index (χ1v) is 3.95. The van der Waals surface area contributed by atoms with Gasteiger partial charge in [0.05, 0.1) is 0 Å². The molecule has 0 rings (SSSR count). The van der Waals surface area contributed by atoms with Gasteiger partial charge >= 0.3 is 0 Å². The summed E-state index contributed by atoms with van der Waals surface area (Å²) in [5.74, 6) is -0.764. The van der Waals surface area contributed by atoms with Gasteiger partial charge in [0.2, 0.25) is 0 Å². The van der Waals surface area contributed by atoms with Crippen LogP contribution in [0, 0.1) is 0 Å². The highest BCUT2D eigenvalue weighted by Crippen LogP contribution is 2.04. The normalized spacial score (nSPS) is 13.8. The van der Waals surface area contributed by atoms with E-state index in [2.05, 4.69) is 0 Å². The van der Waals surface area contributed by atoms with E-state index < -0.39 is 5.95 Å². The predicted molar refractivity (Wildman–Crippen MR) is 49.8 cm³/mol. The highest BCUT2D eigenvalue weighted by molar-refractivity contribution is 5.12. The van der Waals surface area contributed by atoms with Crippen molar-refractivity contribution in [2.45, 2.75) is 13.8 Å². The molecule has 13 heavy (non-hydrogen) atoms. The lowest BCUT2D eigenvalue weighted by atomic mass is 10.3. The second kappa shape index (κ2) is 6.22. The van der Waals surface area contributed by atoms with Gasteiger partial charge in [-0.1, -0.05) is 0 Å². The van der Waals surface area contributed by atoms with Gasteiger partial charge in [0.15, 0.2) is 5.95 Å². The van der Waals surface area contributed by atoms with E-state index in [1.165, 1.54) is 12.3 Å². The Hall–Kier alpha value is -1.32. The molecule has 74 valence electrons. The van der Waals surface area contributed by atoms with Crippen LogP contribution in [0.4, 0.5) is 8.78 Å². The van der Waals surface area contributed by atoms with E-state index in [-0.39, 0.29) is 0 Å². The van der Waals surface area contributed by atoms with Crippen LogP contribution in [0.2, 0.25) is 0 Å². The summed E-state index contributed by atoms with van der Waals surface area (Å²) in [6.45, 7) is 4.21. The fourth-order valence-corrected chi connectivity index (χ4v) is 0.836. The average molecular weight is 188 g/mol. The summed E-state index contributed by atoms with van der Waals surface area (Å²) < 4.78 is 23.9. The second-order valence-corrected chi connectivity index (χ2v) is 2.42. The molecule has 2 N–H and O–H groups in total. The van der Waals surface area contributed by atoms with Crippen LogP contribution in [-0.2, 0) is 0 Å². The molecule has 4 heteroatoms. The molecule has 0 saturated carbocycles. The quantitative estimate of drug-likeness (QED) is 0.542. The van der Waals surface area contributed by atoms with Crippen LogP contribution in [0.5, 0.6) is 0 Å². The first-order valence-electron chi connectivity index (χ1n) is 3.95. The fourth-order valence-electron chi connectivity index (χ4n) is 0.836. The minimum absolute atomic E-state index is 0.434. The van der Waals surface area contributed by atoms with Gasteiger partial charge in [0.1, 0.15) is 6.33 Å². The molecule has 0 aromatic carbocycles. The van der Waals surface area contributed by atoms with Crippen molar-refractivity contribution in [1.82, 2.24) is 4.90 Å². The third-order valence-corrected chi connectivity index (χ3v) is 1.51. The van der Waals surface area contributed by atoms with Crippen molar-refractivity contribution in [2.75, 3.05) is 6.54 Å². The van der Waals surface area contributed by atoms with Crippen molar-refractivity contribution >= 4 is 0 Å². The Kier molecular flexibility index (Phi) is 5.59. The molecule has 0 spiro atoms. The number of nitrogens with two attached hydrogens (primary N) is 1. The lowest BCUT2D eigenvalue weighted by Crippen LogP contribution is -2.13. The molecule has 0 fully saturated rings. The van der Waals surface area contributed by atoms with Gasteiger partial charge in [-0.25, -0.2) is 4.39 Å². The molecule has 0 heterocycles. The highest BCUT2D eigenvalue weighted by atomic mass is 19.1. The lowest BCUT2D eigenvalue weighted by molar-refractivity contribution is 0.480. The van der Waals surface area contributed by atoms with Crippen LogP contribution >= 0.6 is 0 Å². The van der Waals surface area contributed by atoms with Gasteiger partial charge in [-0.05, 0) is 26.0 Å². The standard InChI is InChI=1S/C9H14F2N2/c1-3-13(7-6-10)8(2)4-5-9(11)12/h4-7H,3,12H2,1-2H3/b7-6+,8-4-,9-5-.